The van der Waals surface area contributed by atoms with E-state index >= 15 is 0 Å². The van der Waals surface area contributed by atoms with Crippen molar-refractivity contribution in [2.24, 2.45) is 5.92 Å². The van der Waals surface area contributed by atoms with Crippen LogP contribution in [0.1, 0.15) is 48.4 Å². The molecular weight excluding hydrogens is 254 g/mol. The zero-order valence-electron chi connectivity index (χ0n) is 12.0. The molecule has 4 nitrogen and oxygen atoms in total. The zero-order chi connectivity index (χ0) is 14.7. The molecular formula is C16H21NO3. The number of carbonyl (C=O) groups is 2. The molecule has 108 valence electrons. The summed E-state index contributed by atoms with van der Waals surface area (Å²) in [6.07, 6.45) is 3.68. The molecule has 2 rings (SSSR count). The fourth-order valence-corrected chi connectivity index (χ4v) is 2.33. The first-order valence-electron chi connectivity index (χ1n) is 7.07. The molecule has 0 radical (unpaired) electrons. The van der Waals surface area contributed by atoms with Crippen LogP contribution >= 0.6 is 0 Å². The Bertz CT molecular complexity index is 520. The lowest BCUT2D eigenvalue weighted by Gasteiger charge is -2.18. The predicted octanol–water partition coefficient (Wildman–Crippen LogP) is 2.74. The molecule has 0 heterocycles. The number of hydrogen-bond donors (Lipinski definition) is 2. The highest BCUT2D eigenvalue weighted by molar-refractivity contribution is 5.84. The monoisotopic (exact) mass is 275 g/mol. The van der Waals surface area contributed by atoms with Crippen LogP contribution in [-0.4, -0.2) is 17.0 Å². The summed E-state index contributed by atoms with van der Waals surface area (Å²) in [5, 5.41) is 12.0. The third kappa shape index (κ3) is 3.59. The lowest BCUT2D eigenvalue weighted by molar-refractivity contribution is -0.142. The number of rotatable bonds is 6. The van der Waals surface area contributed by atoms with Crippen molar-refractivity contribution in [1.82, 2.24) is 5.32 Å². The van der Waals surface area contributed by atoms with Gasteiger partial charge in [-0.25, -0.2) is 4.79 Å². The quantitative estimate of drug-likeness (QED) is 0.839. The van der Waals surface area contributed by atoms with Gasteiger partial charge >= 0.3 is 5.97 Å². The van der Waals surface area contributed by atoms with E-state index in [-0.39, 0.29) is 5.91 Å². The molecule has 20 heavy (non-hydrogen) atoms. The third-order valence-corrected chi connectivity index (χ3v) is 3.99. The average Bonchev–Trinajstić information content (AvgIpc) is 3.21. The maximum Gasteiger partial charge on any atom is 0.330 e. The third-order valence-electron chi connectivity index (χ3n) is 3.99. The summed E-state index contributed by atoms with van der Waals surface area (Å²) in [6, 6.07) is 4.57. The predicted molar refractivity (Wildman–Crippen MR) is 76.4 cm³/mol. The molecule has 1 amide bonds. The van der Waals surface area contributed by atoms with E-state index in [0.717, 1.165) is 17.5 Å². The molecule has 0 aliphatic heterocycles. The molecule has 1 saturated carbocycles. The smallest absolute Gasteiger partial charge is 0.330 e. The fourth-order valence-electron chi connectivity index (χ4n) is 2.33. The Kier molecular flexibility index (Phi) is 4.42. The number of hydrogen-bond acceptors (Lipinski definition) is 2. The zero-order valence-corrected chi connectivity index (χ0v) is 12.0. The standard InChI is InChI=1S/C16H21NO3/c1-10-4-3-5-13(11(10)2)15(16(19)20)17-14(18)9-8-12-6-7-12/h3-5,12,15H,6-9H2,1-2H3,(H,17,18)(H,19,20). The van der Waals surface area contributed by atoms with Gasteiger partial charge in [0.2, 0.25) is 5.91 Å². The first-order valence-corrected chi connectivity index (χ1v) is 7.07. The van der Waals surface area contributed by atoms with Crippen molar-refractivity contribution < 1.29 is 14.7 Å². The van der Waals surface area contributed by atoms with Crippen LogP contribution in [0.2, 0.25) is 0 Å². The molecule has 0 bridgehead atoms. The molecule has 0 aromatic heterocycles. The van der Waals surface area contributed by atoms with Crippen molar-refractivity contribution in [3.63, 3.8) is 0 Å². The number of carbonyl (C=O) groups excluding carboxylic acids is 1. The molecule has 1 aliphatic carbocycles. The summed E-state index contributed by atoms with van der Waals surface area (Å²) in [6.45, 7) is 3.82. The van der Waals surface area contributed by atoms with Gasteiger partial charge in [-0.05, 0) is 42.9 Å². The number of aryl methyl sites for hydroxylation is 1. The minimum absolute atomic E-state index is 0.176. The topological polar surface area (TPSA) is 66.4 Å². The van der Waals surface area contributed by atoms with E-state index in [1.165, 1.54) is 12.8 Å². The summed E-state index contributed by atoms with van der Waals surface area (Å²) >= 11 is 0. The second kappa shape index (κ2) is 6.07. The van der Waals surface area contributed by atoms with Crippen LogP contribution in [0.5, 0.6) is 0 Å². The molecule has 1 aromatic carbocycles. The Morgan fingerprint density at radius 1 is 1.35 bits per heavy atom. The van der Waals surface area contributed by atoms with Gasteiger partial charge in [0, 0.05) is 6.42 Å². The first kappa shape index (κ1) is 14.6. The molecule has 2 N–H and O–H groups in total. The maximum atomic E-state index is 11.9. The number of benzene rings is 1. The van der Waals surface area contributed by atoms with Gasteiger partial charge in [0.05, 0.1) is 0 Å². The summed E-state index contributed by atoms with van der Waals surface area (Å²) in [5.74, 6) is -0.520. The van der Waals surface area contributed by atoms with Gasteiger partial charge in [0.15, 0.2) is 6.04 Å². The summed E-state index contributed by atoms with van der Waals surface area (Å²) in [4.78, 5) is 23.3. The van der Waals surface area contributed by atoms with Gasteiger partial charge in [-0.1, -0.05) is 31.0 Å². The van der Waals surface area contributed by atoms with Crippen molar-refractivity contribution in [3.8, 4) is 0 Å². The van der Waals surface area contributed by atoms with E-state index in [0.29, 0.717) is 17.9 Å². The molecule has 1 aromatic rings. The van der Waals surface area contributed by atoms with Crippen LogP contribution in [0.4, 0.5) is 0 Å². The Labute approximate surface area is 119 Å². The van der Waals surface area contributed by atoms with Crippen molar-refractivity contribution in [3.05, 3.63) is 34.9 Å². The minimum Gasteiger partial charge on any atom is -0.479 e. The Balaban J connectivity index is 2.07. The second-order valence-electron chi connectivity index (χ2n) is 5.61. The van der Waals surface area contributed by atoms with E-state index < -0.39 is 12.0 Å². The average molecular weight is 275 g/mol. The van der Waals surface area contributed by atoms with E-state index in [1.807, 2.05) is 26.0 Å². The number of amides is 1. The summed E-state index contributed by atoms with van der Waals surface area (Å²) in [7, 11) is 0. The van der Waals surface area contributed by atoms with Crippen molar-refractivity contribution in [2.45, 2.75) is 45.6 Å². The summed E-state index contributed by atoms with van der Waals surface area (Å²) in [5.41, 5.74) is 2.61. The van der Waals surface area contributed by atoms with Gasteiger partial charge < -0.3 is 10.4 Å². The number of aliphatic carboxylic acids is 1. The first-order chi connectivity index (χ1) is 9.49. The van der Waals surface area contributed by atoms with Gasteiger partial charge in [-0.2, -0.15) is 0 Å². The fraction of sp³-hybridized carbons (Fsp3) is 0.500. The Hall–Kier alpha value is -1.84. The van der Waals surface area contributed by atoms with Crippen LogP contribution in [-0.2, 0) is 9.59 Å². The van der Waals surface area contributed by atoms with E-state index in [9.17, 15) is 14.7 Å². The molecule has 0 spiro atoms. The molecule has 0 saturated heterocycles. The van der Waals surface area contributed by atoms with Gasteiger partial charge in [0.1, 0.15) is 0 Å². The lowest BCUT2D eigenvalue weighted by Crippen LogP contribution is -2.34. The molecule has 1 unspecified atom stereocenters. The molecule has 1 aliphatic rings. The van der Waals surface area contributed by atoms with Gasteiger partial charge in [-0.15, -0.1) is 0 Å². The molecule has 1 fully saturated rings. The highest BCUT2D eigenvalue weighted by Crippen LogP contribution is 2.33. The minimum atomic E-state index is -1.02. The largest absolute Gasteiger partial charge is 0.479 e. The molecule has 1 atom stereocenters. The number of carboxylic acids is 1. The normalized spacial score (nSPS) is 15.7. The Morgan fingerprint density at radius 3 is 2.65 bits per heavy atom. The Morgan fingerprint density at radius 2 is 2.05 bits per heavy atom. The van der Waals surface area contributed by atoms with E-state index in [2.05, 4.69) is 5.32 Å². The van der Waals surface area contributed by atoms with Crippen molar-refractivity contribution in [1.29, 1.82) is 0 Å². The van der Waals surface area contributed by atoms with Gasteiger partial charge in [-0.3, -0.25) is 4.79 Å². The summed E-state index contributed by atoms with van der Waals surface area (Å²) < 4.78 is 0. The number of nitrogens with one attached hydrogen (secondary N) is 1. The SMILES string of the molecule is Cc1cccc(C(NC(=O)CCC2CC2)C(=O)O)c1C. The lowest BCUT2D eigenvalue weighted by atomic mass is 9.97. The van der Waals surface area contributed by atoms with Crippen LogP contribution < -0.4 is 5.32 Å². The van der Waals surface area contributed by atoms with Gasteiger partial charge in [0.25, 0.3) is 0 Å². The van der Waals surface area contributed by atoms with Crippen LogP contribution in [0, 0.1) is 19.8 Å². The molecule has 4 heteroatoms. The van der Waals surface area contributed by atoms with E-state index in [4.69, 9.17) is 0 Å². The number of carboxylic acid groups (broad SMARTS) is 1. The maximum absolute atomic E-state index is 11.9. The van der Waals surface area contributed by atoms with E-state index in [1.54, 1.807) is 6.07 Å². The highest BCUT2D eigenvalue weighted by atomic mass is 16.4. The van der Waals surface area contributed by atoms with Crippen LogP contribution in [0.15, 0.2) is 18.2 Å². The second-order valence-corrected chi connectivity index (χ2v) is 5.61. The van der Waals surface area contributed by atoms with Crippen molar-refractivity contribution in [2.75, 3.05) is 0 Å². The van der Waals surface area contributed by atoms with Crippen LogP contribution in [0.3, 0.4) is 0 Å². The van der Waals surface area contributed by atoms with Crippen LogP contribution in [0.25, 0.3) is 0 Å². The van der Waals surface area contributed by atoms with Crippen molar-refractivity contribution >= 4 is 11.9 Å². The highest BCUT2D eigenvalue weighted by Gasteiger charge is 2.26.